The van der Waals surface area contributed by atoms with Crippen LogP contribution in [0, 0.1) is 0 Å². The Labute approximate surface area is 155 Å². The molecule has 1 amide bonds. The van der Waals surface area contributed by atoms with E-state index in [0.717, 1.165) is 22.2 Å². The van der Waals surface area contributed by atoms with Gasteiger partial charge in [-0.05, 0) is 35.9 Å². The fourth-order valence-corrected chi connectivity index (χ4v) is 3.81. The number of nitrogens with one attached hydrogen (secondary N) is 1. The molecule has 0 fully saturated rings. The maximum atomic E-state index is 12.4. The Balaban J connectivity index is 1.78. The van der Waals surface area contributed by atoms with Crippen LogP contribution in [-0.4, -0.2) is 32.7 Å². The Morgan fingerprint density at radius 3 is 2.50 bits per heavy atom. The van der Waals surface area contributed by atoms with Crippen molar-refractivity contribution in [3.63, 3.8) is 0 Å². The van der Waals surface area contributed by atoms with Crippen LogP contribution in [0.25, 0.3) is 15.8 Å². The van der Waals surface area contributed by atoms with Crippen LogP contribution in [0.15, 0.2) is 53.9 Å². The highest BCUT2D eigenvalue weighted by molar-refractivity contribution is 7.90. The van der Waals surface area contributed by atoms with Crippen molar-refractivity contribution in [2.75, 3.05) is 18.7 Å². The zero-order valence-electron chi connectivity index (χ0n) is 14.1. The molecule has 0 radical (unpaired) electrons. The molecule has 1 N–H and O–H groups in total. The molecular weight excluding hydrogens is 372 g/mol. The monoisotopic (exact) mass is 388 g/mol. The zero-order chi connectivity index (χ0) is 18.9. The number of ether oxygens (including phenoxy) is 1. The van der Waals surface area contributed by atoms with Crippen LogP contribution < -0.4 is 10.1 Å². The summed E-state index contributed by atoms with van der Waals surface area (Å²) >= 11 is 1.33. The average Bonchev–Trinajstić information content (AvgIpc) is 3.01. The topological polar surface area (TPSA) is 85.4 Å². The van der Waals surface area contributed by atoms with Crippen LogP contribution in [0.2, 0.25) is 0 Å². The third-order valence-corrected chi connectivity index (χ3v) is 5.78. The first-order valence-corrected chi connectivity index (χ1v) is 10.2. The van der Waals surface area contributed by atoms with E-state index in [-0.39, 0.29) is 10.5 Å². The van der Waals surface area contributed by atoms with Gasteiger partial charge in [-0.1, -0.05) is 30.0 Å². The molecule has 0 saturated heterocycles. The Hall–Kier alpha value is -2.71. The number of hydrogen-bond acceptors (Lipinski definition) is 6. The number of hydrogen-bond donors (Lipinski definition) is 1. The molecule has 8 heteroatoms. The SMILES string of the molecule is C=C(C(=O)Nc1nc2ccc(OC)cc2s1)c1ccc(S(C)(=O)=O)cc1. The first-order chi connectivity index (χ1) is 12.3. The molecule has 134 valence electrons. The summed E-state index contributed by atoms with van der Waals surface area (Å²) in [6.45, 7) is 3.79. The highest BCUT2D eigenvalue weighted by Crippen LogP contribution is 2.29. The molecule has 3 rings (SSSR count). The number of aromatic nitrogens is 1. The number of thiazole rings is 1. The maximum Gasteiger partial charge on any atom is 0.257 e. The predicted molar refractivity (Wildman–Crippen MR) is 103 cm³/mol. The first-order valence-electron chi connectivity index (χ1n) is 7.53. The Morgan fingerprint density at radius 2 is 1.88 bits per heavy atom. The van der Waals surface area contributed by atoms with Crippen LogP contribution >= 0.6 is 11.3 Å². The zero-order valence-corrected chi connectivity index (χ0v) is 15.8. The third-order valence-electron chi connectivity index (χ3n) is 3.72. The van der Waals surface area contributed by atoms with Crippen LogP contribution in [0.4, 0.5) is 5.13 Å². The second-order valence-electron chi connectivity index (χ2n) is 5.58. The summed E-state index contributed by atoms with van der Waals surface area (Å²) in [5.74, 6) is 0.317. The van der Waals surface area contributed by atoms with E-state index < -0.39 is 15.7 Å². The van der Waals surface area contributed by atoms with Gasteiger partial charge in [-0.25, -0.2) is 13.4 Å². The van der Waals surface area contributed by atoms with Gasteiger partial charge in [0.1, 0.15) is 5.75 Å². The fraction of sp³-hybridized carbons (Fsp3) is 0.111. The van der Waals surface area contributed by atoms with Crippen molar-refractivity contribution in [3.05, 3.63) is 54.6 Å². The summed E-state index contributed by atoms with van der Waals surface area (Å²) in [5.41, 5.74) is 1.52. The van der Waals surface area contributed by atoms with Gasteiger partial charge >= 0.3 is 0 Å². The Bertz CT molecular complexity index is 1100. The average molecular weight is 388 g/mol. The lowest BCUT2D eigenvalue weighted by atomic mass is 10.1. The number of benzene rings is 2. The molecule has 0 saturated carbocycles. The van der Waals surface area contributed by atoms with E-state index in [4.69, 9.17) is 4.74 Å². The van der Waals surface area contributed by atoms with E-state index in [0.29, 0.717) is 10.7 Å². The second-order valence-corrected chi connectivity index (χ2v) is 8.63. The van der Waals surface area contributed by atoms with Gasteiger partial charge in [0.05, 0.1) is 22.2 Å². The lowest BCUT2D eigenvalue weighted by molar-refractivity contribution is -0.111. The Morgan fingerprint density at radius 1 is 1.19 bits per heavy atom. The van der Waals surface area contributed by atoms with Gasteiger partial charge in [-0.15, -0.1) is 0 Å². The maximum absolute atomic E-state index is 12.4. The van der Waals surface area contributed by atoms with E-state index in [9.17, 15) is 13.2 Å². The van der Waals surface area contributed by atoms with Crippen LogP contribution in [-0.2, 0) is 14.6 Å². The second kappa shape index (κ2) is 6.89. The van der Waals surface area contributed by atoms with Gasteiger partial charge in [-0.3, -0.25) is 10.1 Å². The number of nitrogens with zero attached hydrogens (tertiary/aromatic N) is 1. The molecule has 3 aromatic rings. The molecule has 0 bridgehead atoms. The van der Waals surface area contributed by atoms with Gasteiger partial charge in [0.2, 0.25) is 0 Å². The summed E-state index contributed by atoms with van der Waals surface area (Å²) in [7, 11) is -1.70. The molecule has 0 unspecified atom stereocenters. The van der Waals surface area contributed by atoms with Gasteiger partial charge in [0.25, 0.3) is 5.91 Å². The first kappa shape index (κ1) is 18.1. The molecule has 0 aliphatic carbocycles. The van der Waals surface area contributed by atoms with Crippen LogP contribution in [0.1, 0.15) is 5.56 Å². The van der Waals surface area contributed by atoms with Crippen molar-refractivity contribution in [2.45, 2.75) is 4.90 Å². The minimum absolute atomic E-state index is 0.189. The van der Waals surface area contributed by atoms with Crippen molar-refractivity contribution < 1.29 is 17.9 Å². The number of amides is 1. The number of rotatable bonds is 5. The minimum Gasteiger partial charge on any atom is -0.497 e. The highest BCUT2D eigenvalue weighted by atomic mass is 32.2. The number of sulfone groups is 1. The molecule has 0 spiro atoms. The van der Waals surface area contributed by atoms with Crippen molar-refractivity contribution in [2.24, 2.45) is 0 Å². The third kappa shape index (κ3) is 3.76. The lowest BCUT2D eigenvalue weighted by Gasteiger charge is -2.06. The number of methoxy groups -OCH3 is 1. The standard InChI is InChI=1S/C18H16N2O4S2/c1-11(12-4-7-14(8-5-12)26(3,22)23)17(21)20-18-19-15-9-6-13(24-2)10-16(15)25-18/h4-10H,1H2,2-3H3,(H,19,20,21). The van der Waals surface area contributed by atoms with Crippen molar-refractivity contribution in [3.8, 4) is 5.75 Å². The van der Waals surface area contributed by atoms with Crippen LogP contribution in [0.5, 0.6) is 5.75 Å². The molecule has 1 aromatic heterocycles. The number of carbonyl (C=O) groups is 1. The number of anilines is 1. The molecule has 0 atom stereocenters. The predicted octanol–water partition coefficient (Wildman–Crippen LogP) is 3.36. The van der Waals surface area contributed by atoms with Gasteiger partial charge in [0, 0.05) is 11.8 Å². The van der Waals surface area contributed by atoms with Gasteiger partial charge in [0.15, 0.2) is 15.0 Å². The fourth-order valence-electron chi connectivity index (χ4n) is 2.29. The summed E-state index contributed by atoms with van der Waals surface area (Å²) in [4.78, 5) is 17.0. The largest absolute Gasteiger partial charge is 0.497 e. The number of carbonyl (C=O) groups excluding carboxylic acids is 1. The van der Waals surface area contributed by atoms with E-state index >= 15 is 0 Å². The smallest absolute Gasteiger partial charge is 0.257 e. The van der Waals surface area contributed by atoms with Crippen molar-refractivity contribution in [1.82, 2.24) is 4.98 Å². The molecule has 0 aliphatic heterocycles. The lowest BCUT2D eigenvalue weighted by Crippen LogP contribution is -2.12. The molecule has 0 aliphatic rings. The van der Waals surface area contributed by atoms with Crippen molar-refractivity contribution in [1.29, 1.82) is 0 Å². The van der Waals surface area contributed by atoms with Gasteiger partial charge < -0.3 is 4.74 Å². The molecule has 1 heterocycles. The highest BCUT2D eigenvalue weighted by Gasteiger charge is 2.14. The summed E-state index contributed by atoms with van der Waals surface area (Å²) < 4.78 is 29.1. The van der Waals surface area contributed by atoms with E-state index in [1.807, 2.05) is 12.1 Å². The molecular formula is C18H16N2O4S2. The van der Waals surface area contributed by atoms with E-state index in [1.165, 1.54) is 23.5 Å². The summed E-state index contributed by atoms with van der Waals surface area (Å²) in [5, 5.41) is 3.17. The Kier molecular flexibility index (Phi) is 4.80. The normalized spacial score (nSPS) is 11.3. The molecule has 6 nitrogen and oxygen atoms in total. The number of fused-ring (bicyclic) bond motifs is 1. The summed E-state index contributed by atoms with van der Waals surface area (Å²) in [6.07, 6.45) is 1.13. The van der Waals surface area contributed by atoms with E-state index in [2.05, 4.69) is 16.9 Å². The van der Waals surface area contributed by atoms with Crippen molar-refractivity contribution >= 4 is 48.0 Å². The van der Waals surface area contributed by atoms with Gasteiger partial charge in [-0.2, -0.15) is 0 Å². The quantitative estimate of drug-likeness (QED) is 0.678. The van der Waals surface area contributed by atoms with E-state index in [1.54, 1.807) is 25.3 Å². The molecule has 26 heavy (non-hydrogen) atoms. The minimum atomic E-state index is -3.28. The van der Waals surface area contributed by atoms with Crippen LogP contribution in [0.3, 0.4) is 0 Å². The molecule has 2 aromatic carbocycles. The summed E-state index contributed by atoms with van der Waals surface area (Å²) in [6, 6.07) is 11.5.